The maximum Gasteiger partial charge on any atom is 0.251 e. The van der Waals surface area contributed by atoms with E-state index < -0.39 is 0 Å². The molecule has 0 aliphatic heterocycles. The number of hydrogen-bond acceptors (Lipinski definition) is 2. The minimum absolute atomic E-state index is 0.101. The number of halogens is 1. The Morgan fingerprint density at radius 1 is 1.38 bits per heavy atom. The van der Waals surface area contributed by atoms with Crippen molar-refractivity contribution in [2.45, 2.75) is 6.92 Å². The van der Waals surface area contributed by atoms with Crippen LogP contribution in [-0.4, -0.2) is 38.0 Å². The molecule has 5 nitrogen and oxygen atoms in total. The lowest BCUT2D eigenvalue weighted by atomic mass is 10.2. The number of benzene rings is 1. The van der Waals surface area contributed by atoms with Crippen LogP contribution in [0.3, 0.4) is 0 Å². The van der Waals surface area contributed by atoms with E-state index in [0.717, 1.165) is 11.0 Å². The van der Waals surface area contributed by atoms with Gasteiger partial charge in [-0.05, 0) is 25.1 Å². The molecule has 0 saturated carbocycles. The first-order valence-electron chi connectivity index (χ1n) is 6.84. The number of nitrogens with one attached hydrogen (secondary N) is 3. The lowest BCUT2D eigenvalue weighted by Gasteiger charge is -2.09. The van der Waals surface area contributed by atoms with Crippen LogP contribution in [0.2, 0.25) is 0 Å². The van der Waals surface area contributed by atoms with Crippen LogP contribution in [0.1, 0.15) is 17.3 Å². The molecular formula is C15H21BrN4O. The average molecular weight is 353 g/mol. The molecule has 1 aromatic rings. The van der Waals surface area contributed by atoms with Crippen LogP contribution in [0, 0.1) is 0 Å². The van der Waals surface area contributed by atoms with E-state index in [1.165, 1.54) is 0 Å². The molecule has 21 heavy (non-hydrogen) atoms. The average Bonchev–Trinajstić information content (AvgIpc) is 2.48. The lowest BCUT2D eigenvalue weighted by molar-refractivity contribution is 0.0954. The molecule has 0 fully saturated rings. The van der Waals surface area contributed by atoms with Crippen molar-refractivity contribution in [3.05, 3.63) is 47.0 Å². The van der Waals surface area contributed by atoms with Gasteiger partial charge in [-0.2, -0.15) is 0 Å². The highest BCUT2D eigenvalue weighted by Crippen LogP contribution is 2.11. The monoisotopic (exact) mass is 352 g/mol. The van der Waals surface area contributed by atoms with Crippen LogP contribution in [0.25, 0.3) is 0 Å². The largest absolute Gasteiger partial charge is 0.357 e. The summed E-state index contributed by atoms with van der Waals surface area (Å²) in [5, 5.41) is 9.05. The van der Waals surface area contributed by atoms with Crippen molar-refractivity contribution in [1.29, 1.82) is 0 Å². The van der Waals surface area contributed by atoms with Gasteiger partial charge in [0.1, 0.15) is 0 Å². The van der Waals surface area contributed by atoms with E-state index >= 15 is 0 Å². The first-order chi connectivity index (χ1) is 10.2. The second-order valence-electron chi connectivity index (χ2n) is 4.20. The molecule has 0 saturated heterocycles. The molecule has 114 valence electrons. The summed E-state index contributed by atoms with van der Waals surface area (Å²) in [7, 11) is 0. The maximum absolute atomic E-state index is 11.9. The molecule has 0 bridgehead atoms. The lowest BCUT2D eigenvalue weighted by Crippen LogP contribution is -2.38. The summed E-state index contributed by atoms with van der Waals surface area (Å²) in [6.07, 6.45) is 1.77. The molecule has 6 heteroatoms. The van der Waals surface area contributed by atoms with Crippen molar-refractivity contribution in [3.63, 3.8) is 0 Å². The summed E-state index contributed by atoms with van der Waals surface area (Å²) in [5.41, 5.74) is 0.630. The smallest absolute Gasteiger partial charge is 0.251 e. The third-order valence-corrected chi connectivity index (χ3v) is 3.01. The molecule has 0 aromatic heterocycles. The summed E-state index contributed by atoms with van der Waals surface area (Å²) in [5.74, 6) is 0.615. The second kappa shape index (κ2) is 9.99. The van der Waals surface area contributed by atoms with E-state index in [0.29, 0.717) is 31.2 Å². The van der Waals surface area contributed by atoms with Gasteiger partial charge in [-0.15, -0.1) is 6.58 Å². The molecule has 3 N–H and O–H groups in total. The van der Waals surface area contributed by atoms with Crippen molar-refractivity contribution in [2.75, 3.05) is 26.2 Å². The fourth-order valence-corrected chi connectivity index (χ4v) is 1.98. The Morgan fingerprint density at radius 2 is 2.19 bits per heavy atom. The summed E-state index contributed by atoms with van der Waals surface area (Å²) in [6, 6.07) is 7.28. The van der Waals surface area contributed by atoms with Crippen molar-refractivity contribution in [1.82, 2.24) is 16.0 Å². The van der Waals surface area contributed by atoms with Gasteiger partial charge in [0.25, 0.3) is 5.91 Å². The number of guanidine groups is 1. The second-order valence-corrected chi connectivity index (χ2v) is 5.11. The fraction of sp³-hybridized carbons (Fsp3) is 0.333. The summed E-state index contributed by atoms with van der Waals surface area (Å²) in [4.78, 5) is 16.3. The highest BCUT2D eigenvalue weighted by Gasteiger charge is 2.04. The van der Waals surface area contributed by atoms with Crippen molar-refractivity contribution >= 4 is 27.8 Å². The Labute approximate surface area is 134 Å². The fourth-order valence-electron chi connectivity index (χ4n) is 1.58. The van der Waals surface area contributed by atoms with E-state index in [1.54, 1.807) is 18.2 Å². The van der Waals surface area contributed by atoms with Gasteiger partial charge in [0.05, 0.1) is 6.54 Å². The van der Waals surface area contributed by atoms with Gasteiger partial charge in [0, 0.05) is 29.7 Å². The topological polar surface area (TPSA) is 65.5 Å². The van der Waals surface area contributed by atoms with Crippen molar-refractivity contribution < 1.29 is 4.79 Å². The highest BCUT2D eigenvalue weighted by molar-refractivity contribution is 9.10. The zero-order valence-electron chi connectivity index (χ0n) is 12.2. The number of amides is 1. The zero-order chi connectivity index (χ0) is 15.5. The summed E-state index contributed by atoms with van der Waals surface area (Å²) >= 11 is 3.35. The Bertz CT molecular complexity index is 502. The first-order valence-corrected chi connectivity index (χ1v) is 7.63. The Kier molecular flexibility index (Phi) is 8.19. The first kappa shape index (κ1) is 17.2. The Hall–Kier alpha value is -1.82. The highest BCUT2D eigenvalue weighted by atomic mass is 79.9. The standard InChI is InChI=1S/C15H21BrN4O/c1-3-8-19-15(17-4-2)20-10-9-18-14(21)12-6-5-7-13(16)11-12/h3,5-7,11H,1,4,8-10H2,2H3,(H,18,21)(H2,17,19,20). The molecule has 0 atom stereocenters. The van der Waals surface area contributed by atoms with E-state index in [4.69, 9.17) is 0 Å². The zero-order valence-corrected chi connectivity index (χ0v) is 13.7. The number of hydrogen-bond donors (Lipinski definition) is 3. The summed E-state index contributed by atoms with van der Waals surface area (Å²) in [6.45, 7) is 8.07. The van der Waals surface area contributed by atoms with E-state index in [2.05, 4.69) is 43.5 Å². The Morgan fingerprint density at radius 3 is 2.86 bits per heavy atom. The Balaban J connectivity index is 2.40. The van der Waals surface area contributed by atoms with Gasteiger partial charge in [-0.25, -0.2) is 0 Å². The number of carbonyl (C=O) groups is 1. The number of carbonyl (C=O) groups excluding carboxylic acids is 1. The van der Waals surface area contributed by atoms with E-state index in [-0.39, 0.29) is 5.91 Å². The number of aliphatic imine (C=N–C) groups is 1. The quantitative estimate of drug-likeness (QED) is 0.304. The summed E-state index contributed by atoms with van der Waals surface area (Å²) < 4.78 is 0.885. The minimum Gasteiger partial charge on any atom is -0.357 e. The van der Waals surface area contributed by atoms with Crippen LogP contribution in [-0.2, 0) is 0 Å². The van der Waals surface area contributed by atoms with Gasteiger partial charge >= 0.3 is 0 Å². The van der Waals surface area contributed by atoms with Crippen LogP contribution in [0.15, 0.2) is 46.4 Å². The van der Waals surface area contributed by atoms with E-state index in [9.17, 15) is 4.79 Å². The van der Waals surface area contributed by atoms with Crippen LogP contribution in [0.5, 0.6) is 0 Å². The van der Waals surface area contributed by atoms with Crippen LogP contribution in [0.4, 0.5) is 0 Å². The normalized spacial score (nSPS) is 10.9. The minimum atomic E-state index is -0.101. The molecule has 0 radical (unpaired) electrons. The maximum atomic E-state index is 11.9. The number of nitrogens with zero attached hydrogens (tertiary/aromatic N) is 1. The predicted molar refractivity (Wildman–Crippen MR) is 90.7 cm³/mol. The molecule has 1 aromatic carbocycles. The van der Waals surface area contributed by atoms with Crippen molar-refractivity contribution in [3.8, 4) is 0 Å². The SMILES string of the molecule is C=CCNC(=NCCNC(=O)c1cccc(Br)c1)NCC. The van der Waals surface area contributed by atoms with Gasteiger partial charge in [0.15, 0.2) is 5.96 Å². The molecule has 0 heterocycles. The van der Waals surface area contributed by atoms with Gasteiger partial charge < -0.3 is 16.0 Å². The molecule has 0 aliphatic rings. The number of rotatable bonds is 7. The molecule has 1 amide bonds. The molecule has 1 rings (SSSR count). The van der Waals surface area contributed by atoms with Gasteiger partial charge in [0.2, 0.25) is 0 Å². The molecule has 0 unspecified atom stereocenters. The molecular weight excluding hydrogens is 332 g/mol. The van der Waals surface area contributed by atoms with Crippen molar-refractivity contribution in [2.24, 2.45) is 4.99 Å². The predicted octanol–water partition coefficient (Wildman–Crippen LogP) is 1.92. The van der Waals surface area contributed by atoms with E-state index in [1.807, 2.05) is 19.1 Å². The molecule has 0 spiro atoms. The van der Waals surface area contributed by atoms with Gasteiger partial charge in [-0.1, -0.05) is 28.1 Å². The van der Waals surface area contributed by atoms with Gasteiger partial charge in [-0.3, -0.25) is 9.79 Å². The third-order valence-electron chi connectivity index (χ3n) is 2.51. The van der Waals surface area contributed by atoms with Crippen LogP contribution < -0.4 is 16.0 Å². The third kappa shape index (κ3) is 6.94. The van der Waals surface area contributed by atoms with Crippen LogP contribution >= 0.6 is 15.9 Å². The molecule has 0 aliphatic carbocycles.